The van der Waals surface area contributed by atoms with Crippen molar-refractivity contribution in [3.63, 3.8) is 0 Å². The van der Waals surface area contributed by atoms with Crippen molar-refractivity contribution in [2.75, 3.05) is 6.54 Å². The molecule has 7 nitrogen and oxygen atoms in total. The Hall–Kier alpha value is -2.18. The Bertz CT molecular complexity index is 470. The second kappa shape index (κ2) is 6.51. The minimum atomic E-state index is -1.30. The molecule has 7 heteroatoms. The van der Waals surface area contributed by atoms with Gasteiger partial charge in [0.05, 0.1) is 0 Å². The van der Waals surface area contributed by atoms with Gasteiger partial charge in [-0.25, -0.2) is 0 Å². The molecule has 21 heavy (non-hydrogen) atoms. The van der Waals surface area contributed by atoms with E-state index in [2.05, 4.69) is 0 Å². The quantitative estimate of drug-likeness (QED) is 0.441. The van der Waals surface area contributed by atoms with E-state index in [1.54, 1.807) is 20.8 Å². The molecule has 1 aliphatic rings. The molecule has 1 atom stereocenters. The topological polar surface area (TPSA) is 101 Å². The van der Waals surface area contributed by atoms with Gasteiger partial charge in [-0.3, -0.25) is 24.1 Å². The molecule has 0 fully saturated rings. The summed E-state index contributed by atoms with van der Waals surface area (Å²) in [6.07, 6.45) is 2.53. The Morgan fingerprint density at radius 1 is 1.24 bits per heavy atom. The molecular weight excluding hydrogens is 278 g/mol. The van der Waals surface area contributed by atoms with E-state index in [4.69, 9.17) is 9.84 Å². The highest BCUT2D eigenvalue weighted by molar-refractivity contribution is 6.12. The zero-order chi connectivity index (χ0) is 16.2. The molecule has 0 aromatic rings. The maximum absolute atomic E-state index is 11.8. The number of amides is 2. The summed E-state index contributed by atoms with van der Waals surface area (Å²) in [5, 5.41) is 9.08. The van der Waals surface area contributed by atoms with Gasteiger partial charge in [0.1, 0.15) is 5.60 Å². The van der Waals surface area contributed by atoms with E-state index in [1.165, 1.54) is 0 Å². The number of hydrogen-bond donors (Lipinski definition) is 1. The van der Waals surface area contributed by atoms with Crippen LogP contribution in [-0.4, -0.2) is 45.9 Å². The van der Waals surface area contributed by atoms with Gasteiger partial charge >= 0.3 is 11.9 Å². The molecule has 116 valence electrons. The molecule has 1 N–H and O–H groups in total. The van der Waals surface area contributed by atoms with Crippen molar-refractivity contribution < 1.29 is 29.0 Å². The normalized spacial score (nSPS) is 16.2. The fourth-order valence-corrected chi connectivity index (χ4v) is 1.82. The lowest BCUT2D eigenvalue weighted by molar-refractivity contribution is -0.167. The number of esters is 1. The summed E-state index contributed by atoms with van der Waals surface area (Å²) in [6, 6.07) is 0. The lowest BCUT2D eigenvalue weighted by atomic mass is 10.0. The fourth-order valence-electron chi connectivity index (χ4n) is 1.82. The first-order valence-electron chi connectivity index (χ1n) is 6.61. The number of imide groups is 1. The number of carboxylic acids is 1. The summed E-state index contributed by atoms with van der Waals surface area (Å²) in [5.74, 6) is -4.24. The Balaban J connectivity index is 2.53. The van der Waals surface area contributed by atoms with Crippen LogP contribution in [0.4, 0.5) is 0 Å². The highest BCUT2D eigenvalue weighted by Crippen LogP contribution is 2.16. The molecule has 0 saturated heterocycles. The van der Waals surface area contributed by atoms with Crippen LogP contribution in [0.25, 0.3) is 0 Å². The minimum absolute atomic E-state index is 0.00130. The molecule has 2 amide bonds. The smallest absolute Gasteiger partial charge is 0.320 e. The SMILES string of the molecule is CC(C)(C)OC(=O)C(CCCN1C(=O)C=CC1=O)C(=O)O. The van der Waals surface area contributed by atoms with E-state index >= 15 is 0 Å². The number of hydrogen-bond acceptors (Lipinski definition) is 5. The van der Waals surface area contributed by atoms with E-state index in [9.17, 15) is 19.2 Å². The second-order valence-corrected chi connectivity index (χ2v) is 5.73. The van der Waals surface area contributed by atoms with Gasteiger partial charge in [0.15, 0.2) is 5.92 Å². The number of aliphatic carboxylic acids is 1. The Labute approximate surface area is 122 Å². The van der Waals surface area contributed by atoms with Crippen LogP contribution in [0.2, 0.25) is 0 Å². The fraction of sp³-hybridized carbons (Fsp3) is 0.571. The zero-order valence-electron chi connectivity index (χ0n) is 12.3. The summed E-state index contributed by atoms with van der Waals surface area (Å²) in [7, 11) is 0. The van der Waals surface area contributed by atoms with E-state index < -0.39 is 35.3 Å². The average molecular weight is 297 g/mol. The van der Waals surface area contributed by atoms with Gasteiger partial charge in [0.25, 0.3) is 11.8 Å². The highest BCUT2D eigenvalue weighted by atomic mass is 16.6. The molecule has 0 radical (unpaired) electrons. The van der Waals surface area contributed by atoms with Crippen LogP contribution in [0.3, 0.4) is 0 Å². The van der Waals surface area contributed by atoms with Crippen LogP contribution >= 0.6 is 0 Å². The van der Waals surface area contributed by atoms with Crippen molar-refractivity contribution in [2.45, 2.75) is 39.2 Å². The summed E-state index contributed by atoms with van der Waals surface area (Å²) in [4.78, 5) is 46.6. The Morgan fingerprint density at radius 2 is 1.76 bits per heavy atom. The molecule has 1 rings (SSSR count). The van der Waals surface area contributed by atoms with Gasteiger partial charge in [-0.1, -0.05) is 0 Å². The molecule has 0 aliphatic carbocycles. The highest BCUT2D eigenvalue weighted by Gasteiger charge is 2.31. The van der Waals surface area contributed by atoms with Gasteiger partial charge in [-0.15, -0.1) is 0 Å². The number of carboxylic acid groups (broad SMARTS) is 1. The molecule has 0 spiro atoms. The van der Waals surface area contributed by atoms with Crippen LogP contribution in [0.1, 0.15) is 33.6 Å². The van der Waals surface area contributed by atoms with Crippen molar-refractivity contribution in [1.82, 2.24) is 4.90 Å². The lowest BCUT2D eigenvalue weighted by Crippen LogP contribution is -2.34. The maximum atomic E-state index is 11.8. The summed E-state index contributed by atoms with van der Waals surface area (Å²) >= 11 is 0. The van der Waals surface area contributed by atoms with Gasteiger partial charge in [-0.05, 0) is 33.6 Å². The first-order chi connectivity index (χ1) is 9.61. The van der Waals surface area contributed by atoms with Gasteiger partial charge in [0, 0.05) is 18.7 Å². The van der Waals surface area contributed by atoms with Crippen molar-refractivity contribution in [2.24, 2.45) is 5.92 Å². The van der Waals surface area contributed by atoms with Gasteiger partial charge in [0.2, 0.25) is 0 Å². The molecule has 0 bridgehead atoms. The van der Waals surface area contributed by atoms with Crippen molar-refractivity contribution >= 4 is 23.8 Å². The molecular formula is C14H19NO6. The largest absolute Gasteiger partial charge is 0.481 e. The Morgan fingerprint density at radius 3 is 2.19 bits per heavy atom. The third-order valence-corrected chi connectivity index (χ3v) is 2.76. The molecule has 0 saturated carbocycles. The number of carbonyl (C=O) groups is 4. The lowest BCUT2D eigenvalue weighted by Gasteiger charge is -2.22. The van der Waals surface area contributed by atoms with E-state index in [-0.39, 0.29) is 19.4 Å². The van der Waals surface area contributed by atoms with Crippen LogP contribution in [-0.2, 0) is 23.9 Å². The number of rotatable bonds is 6. The average Bonchev–Trinajstić information content (AvgIpc) is 2.62. The minimum Gasteiger partial charge on any atom is -0.481 e. The Kier molecular flexibility index (Phi) is 5.23. The number of carbonyl (C=O) groups excluding carboxylic acids is 3. The maximum Gasteiger partial charge on any atom is 0.320 e. The van der Waals surface area contributed by atoms with Crippen molar-refractivity contribution in [3.05, 3.63) is 12.2 Å². The standard InChI is InChI=1S/C14H19NO6/c1-14(2,3)21-13(20)9(12(18)19)5-4-8-15-10(16)6-7-11(15)17/h6-7,9H,4-5,8H2,1-3H3,(H,18,19). The number of ether oxygens (including phenoxy) is 1. The summed E-state index contributed by atoms with van der Waals surface area (Å²) in [5.41, 5.74) is -0.768. The van der Waals surface area contributed by atoms with Crippen LogP contribution in [0.15, 0.2) is 12.2 Å². The van der Waals surface area contributed by atoms with E-state index in [1.807, 2.05) is 0 Å². The summed E-state index contributed by atoms with van der Waals surface area (Å²) in [6.45, 7) is 5.03. The predicted molar refractivity (Wildman–Crippen MR) is 72.1 cm³/mol. The van der Waals surface area contributed by atoms with Gasteiger partial charge < -0.3 is 9.84 Å². The molecule has 1 unspecified atom stereocenters. The second-order valence-electron chi connectivity index (χ2n) is 5.73. The van der Waals surface area contributed by atoms with Crippen LogP contribution in [0.5, 0.6) is 0 Å². The van der Waals surface area contributed by atoms with Gasteiger partial charge in [-0.2, -0.15) is 0 Å². The molecule has 0 aromatic heterocycles. The van der Waals surface area contributed by atoms with Crippen LogP contribution < -0.4 is 0 Å². The van der Waals surface area contributed by atoms with Crippen molar-refractivity contribution in [3.8, 4) is 0 Å². The molecule has 1 heterocycles. The van der Waals surface area contributed by atoms with E-state index in [0.29, 0.717) is 0 Å². The third-order valence-electron chi connectivity index (χ3n) is 2.76. The first-order valence-corrected chi connectivity index (χ1v) is 6.61. The zero-order valence-corrected chi connectivity index (χ0v) is 12.3. The van der Waals surface area contributed by atoms with Crippen LogP contribution in [0, 0.1) is 5.92 Å². The van der Waals surface area contributed by atoms with E-state index in [0.717, 1.165) is 17.1 Å². The van der Waals surface area contributed by atoms with Crippen molar-refractivity contribution in [1.29, 1.82) is 0 Å². The molecule has 0 aromatic carbocycles. The predicted octanol–water partition coefficient (Wildman–Crippen LogP) is 0.734. The first kappa shape index (κ1) is 16.9. The monoisotopic (exact) mass is 297 g/mol. The number of nitrogens with zero attached hydrogens (tertiary/aromatic N) is 1. The third kappa shape index (κ3) is 5.02. The summed E-state index contributed by atoms with van der Waals surface area (Å²) < 4.78 is 5.05. The molecule has 1 aliphatic heterocycles.